The number of aryl methyl sites for hydroxylation is 4. The van der Waals surface area contributed by atoms with Crippen molar-refractivity contribution >= 4 is 5.91 Å². The number of nitrogens with one attached hydrogen (secondary N) is 1. The van der Waals surface area contributed by atoms with E-state index in [1.807, 2.05) is 32.9 Å². The van der Waals surface area contributed by atoms with Gasteiger partial charge in [0.1, 0.15) is 5.75 Å². The summed E-state index contributed by atoms with van der Waals surface area (Å²) < 4.78 is 6.03. The first kappa shape index (κ1) is 19.5. The number of carbonyl (C=O) groups excluding carboxylic acids is 1. The summed E-state index contributed by atoms with van der Waals surface area (Å²) >= 11 is 0. The van der Waals surface area contributed by atoms with Crippen LogP contribution in [0, 0.1) is 13.8 Å². The summed E-state index contributed by atoms with van der Waals surface area (Å²) in [5, 5.41) is 3.14. The van der Waals surface area contributed by atoms with E-state index in [-0.39, 0.29) is 11.9 Å². The first-order valence-electron chi connectivity index (χ1n) is 10.1. The van der Waals surface area contributed by atoms with Crippen LogP contribution in [0.1, 0.15) is 67.0 Å². The van der Waals surface area contributed by atoms with Crippen LogP contribution in [0.5, 0.6) is 5.75 Å². The highest BCUT2D eigenvalue weighted by Gasteiger charge is 2.22. The fourth-order valence-electron chi connectivity index (χ4n) is 3.82. The van der Waals surface area contributed by atoms with E-state index in [0.717, 1.165) is 17.7 Å². The average molecular weight is 366 g/mol. The second-order valence-corrected chi connectivity index (χ2v) is 7.75. The molecule has 0 fully saturated rings. The van der Waals surface area contributed by atoms with Gasteiger partial charge in [-0.3, -0.25) is 4.79 Å². The Morgan fingerprint density at radius 2 is 1.81 bits per heavy atom. The molecule has 3 nitrogen and oxygen atoms in total. The maximum absolute atomic E-state index is 12.8. The molecule has 0 spiro atoms. The predicted molar refractivity (Wildman–Crippen MR) is 110 cm³/mol. The minimum absolute atomic E-state index is 0.0264. The Kier molecular flexibility index (Phi) is 6.20. The summed E-state index contributed by atoms with van der Waals surface area (Å²) in [4.78, 5) is 12.8. The van der Waals surface area contributed by atoms with Gasteiger partial charge in [-0.05, 0) is 81.2 Å². The Hall–Kier alpha value is -2.29. The molecule has 0 radical (unpaired) electrons. The molecule has 0 bridgehead atoms. The Morgan fingerprint density at radius 3 is 2.52 bits per heavy atom. The van der Waals surface area contributed by atoms with E-state index < -0.39 is 6.10 Å². The molecule has 0 saturated carbocycles. The zero-order valence-corrected chi connectivity index (χ0v) is 17.0. The molecule has 0 aliphatic heterocycles. The SMILES string of the molecule is CC[C@H](Oc1ccc(C)cc1C)C(=O)N[C@H](C)c1ccc2c(c1)CCCC2. The maximum atomic E-state index is 12.8. The number of rotatable bonds is 6. The van der Waals surface area contributed by atoms with E-state index >= 15 is 0 Å². The quantitative estimate of drug-likeness (QED) is 0.762. The van der Waals surface area contributed by atoms with Crippen molar-refractivity contribution in [3.05, 3.63) is 64.2 Å². The third-order valence-electron chi connectivity index (χ3n) is 5.49. The van der Waals surface area contributed by atoms with Gasteiger partial charge in [0.05, 0.1) is 6.04 Å². The number of carbonyl (C=O) groups is 1. The highest BCUT2D eigenvalue weighted by molar-refractivity contribution is 5.81. The molecule has 3 heteroatoms. The van der Waals surface area contributed by atoms with Crippen molar-refractivity contribution in [3.63, 3.8) is 0 Å². The van der Waals surface area contributed by atoms with Crippen molar-refractivity contribution in [3.8, 4) is 5.75 Å². The number of ether oxygens (including phenoxy) is 1. The molecule has 1 N–H and O–H groups in total. The zero-order chi connectivity index (χ0) is 19.4. The van der Waals surface area contributed by atoms with Gasteiger partial charge in [0.25, 0.3) is 5.91 Å². The second-order valence-electron chi connectivity index (χ2n) is 7.75. The fraction of sp³-hybridized carbons (Fsp3) is 0.458. The first-order chi connectivity index (χ1) is 13.0. The Labute approximate surface area is 163 Å². The molecule has 1 aliphatic carbocycles. The number of hydrogen-bond donors (Lipinski definition) is 1. The van der Waals surface area contributed by atoms with Gasteiger partial charge in [0.2, 0.25) is 0 Å². The monoisotopic (exact) mass is 365 g/mol. The lowest BCUT2D eigenvalue weighted by molar-refractivity contribution is -0.128. The summed E-state index contributed by atoms with van der Waals surface area (Å²) in [5.41, 5.74) is 6.33. The molecule has 144 valence electrons. The number of amides is 1. The molecule has 0 aromatic heterocycles. The van der Waals surface area contributed by atoms with Crippen LogP contribution >= 0.6 is 0 Å². The van der Waals surface area contributed by atoms with Crippen molar-refractivity contribution < 1.29 is 9.53 Å². The first-order valence-corrected chi connectivity index (χ1v) is 10.1. The maximum Gasteiger partial charge on any atom is 0.261 e. The van der Waals surface area contributed by atoms with Crippen LogP contribution in [0.4, 0.5) is 0 Å². The van der Waals surface area contributed by atoms with Crippen LogP contribution in [0.15, 0.2) is 36.4 Å². The summed E-state index contributed by atoms with van der Waals surface area (Å²) in [6.07, 6.45) is 5.03. The standard InChI is InChI=1S/C24H31NO2/c1-5-22(27-23-13-10-16(2)14-17(23)3)24(26)25-18(4)20-12-11-19-8-6-7-9-21(19)15-20/h10-15,18,22H,5-9H2,1-4H3,(H,25,26)/t18-,22+/m1/s1. The molecule has 1 amide bonds. The lowest BCUT2D eigenvalue weighted by atomic mass is 9.89. The van der Waals surface area contributed by atoms with Gasteiger partial charge in [-0.2, -0.15) is 0 Å². The summed E-state index contributed by atoms with van der Waals surface area (Å²) in [5.74, 6) is 0.728. The third kappa shape index (κ3) is 4.71. The van der Waals surface area contributed by atoms with E-state index in [0.29, 0.717) is 6.42 Å². The lowest BCUT2D eigenvalue weighted by Crippen LogP contribution is -2.39. The zero-order valence-electron chi connectivity index (χ0n) is 17.0. The van der Waals surface area contributed by atoms with Crippen LogP contribution in [-0.2, 0) is 17.6 Å². The minimum atomic E-state index is -0.480. The second kappa shape index (κ2) is 8.60. The molecule has 0 unspecified atom stereocenters. The van der Waals surface area contributed by atoms with Crippen molar-refractivity contribution in [1.29, 1.82) is 0 Å². The van der Waals surface area contributed by atoms with Crippen LogP contribution in [0.25, 0.3) is 0 Å². The van der Waals surface area contributed by atoms with Crippen molar-refractivity contribution in [1.82, 2.24) is 5.32 Å². The van der Waals surface area contributed by atoms with E-state index in [4.69, 9.17) is 4.74 Å². The Balaban J connectivity index is 1.67. The third-order valence-corrected chi connectivity index (χ3v) is 5.49. The average Bonchev–Trinajstić information content (AvgIpc) is 2.66. The molecule has 1 aliphatic rings. The highest BCUT2D eigenvalue weighted by Crippen LogP contribution is 2.25. The molecule has 3 rings (SSSR count). The molecule has 2 aromatic rings. The normalized spacial score (nSPS) is 15.6. The minimum Gasteiger partial charge on any atom is -0.480 e. The van der Waals surface area contributed by atoms with Gasteiger partial charge in [-0.15, -0.1) is 0 Å². The highest BCUT2D eigenvalue weighted by atomic mass is 16.5. The summed E-state index contributed by atoms with van der Waals surface area (Å²) in [6.45, 7) is 8.10. The van der Waals surface area contributed by atoms with Crippen LogP contribution in [-0.4, -0.2) is 12.0 Å². The smallest absolute Gasteiger partial charge is 0.261 e. The molecule has 2 aromatic carbocycles. The van der Waals surface area contributed by atoms with E-state index in [1.165, 1.54) is 41.5 Å². The topological polar surface area (TPSA) is 38.3 Å². The molecule has 27 heavy (non-hydrogen) atoms. The van der Waals surface area contributed by atoms with E-state index in [9.17, 15) is 4.79 Å². The molecule has 0 saturated heterocycles. The van der Waals surface area contributed by atoms with Gasteiger partial charge in [-0.1, -0.05) is 42.8 Å². The van der Waals surface area contributed by atoms with Crippen molar-refractivity contribution in [2.75, 3.05) is 0 Å². The molecule has 2 atom stereocenters. The Bertz CT molecular complexity index is 812. The van der Waals surface area contributed by atoms with Crippen LogP contribution < -0.4 is 10.1 Å². The lowest BCUT2D eigenvalue weighted by Gasteiger charge is -2.23. The number of hydrogen-bond acceptors (Lipinski definition) is 2. The van der Waals surface area contributed by atoms with Crippen LogP contribution in [0.3, 0.4) is 0 Å². The fourth-order valence-corrected chi connectivity index (χ4v) is 3.82. The van der Waals surface area contributed by atoms with Crippen molar-refractivity contribution in [2.45, 2.75) is 71.9 Å². The van der Waals surface area contributed by atoms with Gasteiger partial charge in [-0.25, -0.2) is 0 Å². The number of fused-ring (bicyclic) bond motifs is 1. The molecular weight excluding hydrogens is 334 g/mol. The Morgan fingerprint density at radius 1 is 1.07 bits per heavy atom. The van der Waals surface area contributed by atoms with E-state index in [2.05, 4.69) is 36.5 Å². The molecular formula is C24H31NO2. The number of benzene rings is 2. The van der Waals surface area contributed by atoms with Gasteiger partial charge >= 0.3 is 0 Å². The van der Waals surface area contributed by atoms with E-state index in [1.54, 1.807) is 0 Å². The predicted octanol–water partition coefficient (Wildman–Crippen LogP) is 5.22. The summed E-state index contributed by atoms with van der Waals surface area (Å²) in [7, 11) is 0. The molecule has 0 heterocycles. The largest absolute Gasteiger partial charge is 0.480 e. The van der Waals surface area contributed by atoms with Gasteiger partial charge in [0, 0.05) is 0 Å². The summed E-state index contributed by atoms with van der Waals surface area (Å²) in [6, 6.07) is 12.7. The van der Waals surface area contributed by atoms with Crippen LogP contribution in [0.2, 0.25) is 0 Å². The van der Waals surface area contributed by atoms with Gasteiger partial charge < -0.3 is 10.1 Å². The van der Waals surface area contributed by atoms with Gasteiger partial charge in [0.15, 0.2) is 6.10 Å². The van der Waals surface area contributed by atoms with Crippen molar-refractivity contribution in [2.24, 2.45) is 0 Å².